The molecular weight excluding hydrogens is 292 g/mol. The molecule has 128 valence electrons. The summed E-state index contributed by atoms with van der Waals surface area (Å²) in [5.41, 5.74) is 1.12. The van der Waals surface area contributed by atoms with E-state index in [2.05, 4.69) is 5.32 Å². The van der Waals surface area contributed by atoms with E-state index in [1.807, 2.05) is 38.1 Å². The quantitative estimate of drug-likeness (QED) is 0.760. The van der Waals surface area contributed by atoms with Gasteiger partial charge < -0.3 is 15.0 Å². The second-order valence-electron chi connectivity index (χ2n) is 5.67. The van der Waals surface area contributed by atoms with E-state index in [0.717, 1.165) is 24.2 Å². The molecule has 0 aromatic heterocycles. The molecule has 0 aliphatic rings. The van der Waals surface area contributed by atoms with Gasteiger partial charge in [0.15, 0.2) is 0 Å². The number of hydrogen-bond donors (Lipinski definition) is 1. The Hall–Kier alpha value is -2.04. The van der Waals surface area contributed by atoms with Crippen LogP contribution in [0.4, 0.5) is 0 Å². The highest BCUT2D eigenvalue weighted by Gasteiger charge is 2.16. The summed E-state index contributed by atoms with van der Waals surface area (Å²) in [6.45, 7) is 6.63. The van der Waals surface area contributed by atoms with Crippen LogP contribution in [0.5, 0.6) is 5.75 Å². The van der Waals surface area contributed by atoms with Crippen molar-refractivity contribution in [2.24, 2.45) is 0 Å². The fourth-order valence-electron chi connectivity index (χ4n) is 2.39. The topological polar surface area (TPSA) is 58.6 Å². The first kappa shape index (κ1) is 19.0. The van der Waals surface area contributed by atoms with E-state index >= 15 is 0 Å². The number of nitrogens with one attached hydrogen (secondary N) is 1. The van der Waals surface area contributed by atoms with Crippen molar-refractivity contribution >= 4 is 11.8 Å². The van der Waals surface area contributed by atoms with Gasteiger partial charge in [0.25, 0.3) is 0 Å². The summed E-state index contributed by atoms with van der Waals surface area (Å²) in [5, 5.41) is 2.90. The zero-order valence-electron chi connectivity index (χ0n) is 14.6. The number of benzene rings is 1. The number of carbonyl (C=O) groups is 2. The zero-order valence-corrected chi connectivity index (χ0v) is 14.6. The van der Waals surface area contributed by atoms with Crippen LogP contribution >= 0.6 is 0 Å². The van der Waals surface area contributed by atoms with Gasteiger partial charge in [-0.3, -0.25) is 9.59 Å². The van der Waals surface area contributed by atoms with Crippen LogP contribution in [-0.2, 0) is 16.0 Å². The maximum absolute atomic E-state index is 11.9. The Balaban J connectivity index is 2.35. The molecule has 2 amide bonds. The maximum Gasteiger partial charge on any atom is 0.221 e. The lowest BCUT2D eigenvalue weighted by molar-refractivity contribution is -0.131. The van der Waals surface area contributed by atoms with E-state index in [-0.39, 0.29) is 17.9 Å². The summed E-state index contributed by atoms with van der Waals surface area (Å²) >= 11 is 0. The SMILES string of the molecule is CCC(C)N(CCC(=O)NCCc1cccc(OC)c1)C(C)=O. The molecule has 0 aliphatic heterocycles. The summed E-state index contributed by atoms with van der Waals surface area (Å²) in [6.07, 6.45) is 1.98. The summed E-state index contributed by atoms with van der Waals surface area (Å²) in [5.74, 6) is 0.811. The van der Waals surface area contributed by atoms with Crippen molar-refractivity contribution in [1.82, 2.24) is 10.2 Å². The highest BCUT2D eigenvalue weighted by Crippen LogP contribution is 2.12. The molecule has 1 unspecified atom stereocenters. The zero-order chi connectivity index (χ0) is 17.2. The number of hydrogen-bond acceptors (Lipinski definition) is 3. The Morgan fingerprint density at radius 2 is 2.09 bits per heavy atom. The van der Waals surface area contributed by atoms with Gasteiger partial charge in [-0.2, -0.15) is 0 Å². The van der Waals surface area contributed by atoms with Crippen LogP contribution in [0.3, 0.4) is 0 Å². The van der Waals surface area contributed by atoms with Gasteiger partial charge in [0.05, 0.1) is 7.11 Å². The molecule has 0 heterocycles. The number of amides is 2. The maximum atomic E-state index is 11.9. The molecule has 5 nitrogen and oxygen atoms in total. The Labute approximate surface area is 139 Å². The van der Waals surface area contributed by atoms with Gasteiger partial charge in [-0.25, -0.2) is 0 Å². The first-order valence-corrected chi connectivity index (χ1v) is 8.14. The highest BCUT2D eigenvalue weighted by atomic mass is 16.5. The number of ether oxygens (including phenoxy) is 1. The van der Waals surface area contributed by atoms with Crippen molar-refractivity contribution in [2.75, 3.05) is 20.2 Å². The minimum atomic E-state index is -0.0255. The molecule has 5 heteroatoms. The second-order valence-corrected chi connectivity index (χ2v) is 5.67. The predicted molar refractivity (Wildman–Crippen MR) is 91.5 cm³/mol. The molecular formula is C18H28N2O3. The second kappa shape index (κ2) is 9.87. The van der Waals surface area contributed by atoms with Gasteiger partial charge in [-0.15, -0.1) is 0 Å². The van der Waals surface area contributed by atoms with E-state index < -0.39 is 0 Å². The monoisotopic (exact) mass is 320 g/mol. The number of nitrogens with zero attached hydrogens (tertiary/aromatic N) is 1. The largest absolute Gasteiger partial charge is 0.497 e. The van der Waals surface area contributed by atoms with Gasteiger partial charge in [-0.1, -0.05) is 19.1 Å². The number of methoxy groups -OCH3 is 1. The minimum absolute atomic E-state index is 0.0172. The standard InChI is InChI=1S/C18H28N2O3/c1-5-14(2)20(15(3)21)12-10-18(22)19-11-9-16-7-6-8-17(13-16)23-4/h6-8,13-14H,5,9-12H2,1-4H3,(H,19,22). The molecule has 23 heavy (non-hydrogen) atoms. The lowest BCUT2D eigenvalue weighted by Gasteiger charge is -2.27. The van der Waals surface area contributed by atoms with Crippen LogP contribution in [0.2, 0.25) is 0 Å². The summed E-state index contributed by atoms with van der Waals surface area (Å²) < 4.78 is 5.18. The molecule has 0 radical (unpaired) electrons. The van der Waals surface area contributed by atoms with E-state index in [4.69, 9.17) is 4.74 Å². The van der Waals surface area contributed by atoms with Crippen molar-refractivity contribution < 1.29 is 14.3 Å². The smallest absolute Gasteiger partial charge is 0.221 e. The third-order valence-electron chi connectivity index (χ3n) is 3.98. The molecule has 1 rings (SSSR count). The van der Waals surface area contributed by atoms with Gasteiger partial charge in [0, 0.05) is 32.5 Å². The summed E-state index contributed by atoms with van der Waals surface area (Å²) in [6, 6.07) is 7.97. The Morgan fingerprint density at radius 3 is 2.70 bits per heavy atom. The third kappa shape index (κ3) is 6.72. The molecule has 0 spiro atoms. The van der Waals surface area contributed by atoms with Gasteiger partial charge in [0.2, 0.25) is 11.8 Å². The van der Waals surface area contributed by atoms with E-state index in [0.29, 0.717) is 19.5 Å². The minimum Gasteiger partial charge on any atom is -0.497 e. The van der Waals surface area contributed by atoms with Gasteiger partial charge >= 0.3 is 0 Å². The third-order valence-corrected chi connectivity index (χ3v) is 3.98. The lowest BCUT2D eigenvalue weighted by atomic mass is 10.1. The molecule has 0 bridgehead atoms. The average Bonchev–Trinajstić information content (AvgIpc) is 2.54. The van der Waals surface area contributed by atoms with Crippen LogP contribution < -0.4 is 10.1 Å². The van der Waals surface area contributed by atoms with E-state index in [1.54, 1.807) is 18.9 Å². The van der Waals surface area contributed by atoms with Crippen molar-refractivity contribution in [3.05, 3.63) is 29.8 Å². The highest BCUT2D eigenvalue weighted by molar-refractivity contribution is 5.78. The molecule has 1 atom stereocenters. The molecule has 0 fully saturated rings. The van der Waals surface area contributed by atoms with Crippen molar-refractivity contribution in [1.29, 1.82) is 0 Å². The van der Waals surface area contributed by atoms with Crippen LogP contribution in [0.25, 0.3) is 0 Å². The molecule has 1 aromatic carbocycles. The first-order valence-electron chi connectivity index (χ1n) is 8.14. The predicted octanol–water partition coefficient (Wildman–Crippen LogP) is 2.39. The number of carbonyl (C=O) groups excluding carboxylic acids is 2. The van der Waals surface area contributed by atoms with Crippen LogP contribution in [0.15, 0.2) is 24.3 Å². The Bertz CT molecular complexity index is 517. The van der Waals surface area contributed by atoms with Crippen LogP contribution in [0.1, 0.15) is 39.2 Å². The first-order chi connectivity index (χ1) is 11.0. The summed E-state index contributed by atoms with van der Waals surface area (Å²) in [7, 11) is 1.64. The van der Waals surface area contributed by atoms with Crippen molar-refractivity contribution in [3.8, 4) is 5.75 Å². The molecule has 0 saturated carbocycles. The normalized spacial score (nSPS) is 11.7. The molecule has 0 saturated heterocycles. The molecule has 1 N–H and O–H groups in total. The molecule has 0 aliphatic carbocycles. The molecule has 1 aromatic rings. The Kier molecular flexibility index (Phi) is 8.16. The average molecular weight is 320 g/mol. The van der Waals surface area contributed by atoms with Crippen LogP contribution in [0, 0.1) is 0 Å². The fourth-order valence-corrected chi connectivity index (χ4v) is 2.39. The fraction of sp³-hybridized carbons (Fsp3) is 0.556. The van der Waals surface area contributed by atoms with Crippen molar-refractivity contribution in [2.45, 2.75) is 46.1 Å². The van der Waals surface area contributed by atoms with Crippen LogP contribution in [-0.4, -0.2) is 43.0 Å². The van der Waals surface area contributed by atoms with E-state index in [1.165, 1.54) is 0 Å². The van der Waals surface area contributed by atoms with Crippen molar-refractivity contribution in [3.63, 3.8) is 0 Å². The van der Waals surface area contributed by atoms with Gasteiger partial charge in [-0.05, 0) is 37.5 Å². The van der Waals surface area contributed by atoms with E-state index in [9.17, 15) is 9.59 Å². The summed E-state index contributed by atoms with van der Waals surface area (Å²) in [4.78, 5) is 25.3. The van der Waals surface area contributed by atoms with Gasteiger partial charge in [0.1, 0.15) is 5.75 Å². The Morgan fingerprint density at radius 1 is 1.35 bits per heavy atom. The number of rotatable bonds is 9. The lowest BCUT2D eigenvalue weighted by Crippen LogP contribution is -2.39.